The van der Waals surface area contributed by atoms with Crippen molar-refractivity contribution in [3.63, 3.8) is 0 Å². The van der Waals surface area contributed by atoms with Gasteiger partial charge in [0.2, 0.25) is 0 Å². The number of hydrogen-bond donors (Lipinski definition) is 1. The van der Waals surface area contributed by atoms with Crippen LogP contribution in [0.2, 0.25) is 0 Å². The zero-order chi connectivity index (χ0) is 14.7. The number of amides is 1. The van der Waals surface area contributed by atoms with Gasteiger partial charge < -0.3 is 5.32 Å². The Kier molecular flexibility index (Phi) is 3.74. The number of pyridine rings is 1. The standard InChI is InChI=1S/C14H13N5OS/c1-10(12-5-3-7-21-12)18-14(20)11-4-2-6-16-13(11)19-9-15-8-17-19/h2-10H,1H3,(H,18,20)/t10-/m0/s1. The number of nitrogens with zero attached hydrogens (tertiary/aromatic N) is 4. The first-order valence-corrected chi connectivity index (χ1v) is 7.28. The third kappa shape index (κ3) is 2.82. The Morgan fingerprint density at radius 2 is 2.29 bits per heavy atom. The van der Waals surface area contributed by atoms with Gasteiger partial charge in [0.05, 0.1) is 11.6 Å². The van der Waals surface area contributed by atoms with E-state index in [4.69, 9.17) is 0 Å². The van der Waals surface area contributed by atoms with E-state index in [1.165, 1.54) is 17.3 Å². The topological polar surface area (TPSA) is 72.7 Å². The van der Waals surface area contributed by atoms with Crippen LogP contribution in [0, 0.1) is 0 Å². The first kappa shape index (κ1) is 13.4. The van der Waals surface area contributed by atoms with Gasteiger partial charge in [-0.15, -0.1) is 11.3 Å². The molecule has 6 nitrogen and oxygen atoms in total. The van der Waals surface area contributed by atoms with E-state index in [0.717, 1.165) is 4.88 Å². The van der Waals surface area contributed by atoms with Crippen LogP contribution in [0.5, 0.6) is 0 Å². The SMILES string of the molecule is C[C@H](NC(=O)c1cccnc1-n1cncn1)c1cccs1. The highest BCUT2D eigenvalue weighted by Gasteiger charge is 2.17. The summed E-state index contributed by atoms with van der Waals surface area (Å²) in [7, 11) is 0. The highest BCUT2D eigenvalue weighted by molar-refractivity contribution is 7.10. The largest absolute Gasteiger partial charge is 0.345 e. The van der Waals surface area contributed by atoms with Crippen LogP contribution >= 0.6 is 11.3 Å². The Morgan fingerprint density at radius 3 is 3.00 bits per heavy atom. The average molecular weight is 299 g/mol. The minimum absolute atomic E-state index is 0.0543. The second-order valence-corrected chi connectivity index (χ2v) is 5.40. The molecule has 0 fully saturated rings. The lowest BCUT2D eigenvalue weighted by Crippen LogP contribution is -2.27. The number of carbonyl (C=O) groups is 1. The number of carbonyl (C=O) groups excluding carboxylic acids is 1. The van der Waals surface area contributed by atoms with Gasteiger partial charge in [-0.3, -0.25) is 4.79 Å². The summed E-state index contributed by atoms with van der Waals surface area (Å²) in [6, 6.07) is 7.36. The third-order valence-electron chi connectivity index (χ3n) is 2.98. The van der Waals surface area contributed by atoms with Gasteiger partial charge >= 0.3 is 0 Å². The fourth-order valence-electron chi connectivity index (χ4n) is 1.96. The number of rotatable bonds is 4. The quantitative estimate of drug-likeness (QED) is 0.801. The van der Waals surface area contributed by atoms with E-state index in [1.807, 2.05) is 24.4 Å². The minimum Gasteiger partial charge on any atom is -0.345 e. The maximum Gasteiger partial charge on any atom is 0.255 e. The molecule has 0 saturated carbocycles. The Balaban J connectivity index is 1.85. The molecule has 0 spiro atoms. The van der Waals surface area contributed by atoms with Crippen molar-refractivity contribution in [1.82, 2.24) is 25.1 Å². The van der Waals surface area contributed by atoms with Crippen molar-refractivity contribution in [2.24, 2.45) is 0 Å². The first-order valence-electron chi connectivity index (χ1n) is 6.40. The number of aromatic nitrogens is 4. The van der Waals surface area contributed by atoms with Crippen molar-refractivity contribution in [2.45, 2.75) is 13.0 Å². The molecule has 0 bridgehead atoms. The zero-order valence-corrected chi connectivity index (χ0v) is 12.1. The summed E-state index contributed by atoms with van der Waals surface area (Å²) in [5.41, 5.74) is 0.464. The normalized spacial score (nSPS) is 12.0. The highest BCUT2D eigenvalue weighted by Crippen LogP contribution is 2.19. The molecule has 0 aliphatic heterocycles. The lowest BCUT2D eigenvalue weighted by molar-refractivity contribution is 0.0940. The second kappa shape index (κ2) is 5.84. The maximum absolute atomic E-state index is 12.5. The molecule has 3 rings (SSSR count). The Hall–Kier alpha value is -2.54. The van der Waals surface area contributed by atoms with Crippen LogP contribution in [0.4, 0.5) is 0 Å². The van der Waals surface area contributed by atoms with Crippen molar-refractivity contribution in [1.29, 1.82) is 0 Å². The lowest BCUT2D eigenvalue weighted by atomic mass is 10.2. The van der Waals surface area contributed by atoms with Crippen molar-refractivity contribution in [2.75, 3.05) is 0 Å². The van der Waals surface area contributed by atoms with E-state index in [9.17, 15) is 4.79 Å². The highest BCUT2D eigenvalue weighted by atomic mass is 32.1. The van der Waals surface area contributed by atoms with Gasteiger partial charge in [-0.05, 0) is 30.5 Å². The average Bonchev–Trinajstić information content (AvgIpc) is 3.20. The molecular weight excluding hydrogens is 286 g/mol. The summed E-state index contributed by atoms with van der Waals surface area (Å²) < 4.78 is 1.48. The summed E-state index contributed by atoms with van der Waals surface area (Å²) >= 11 is 1.61. The molecule has 0 unspecified atom stereocenters. The molecule has 21 heavy (non-hydrogen) atoms. The molecular formula is C14H13N5OS. The van der Waals surface area contributed by atoms with E-state index in [1.54, 1.807) is 29.7 Å². The van der Waals surface area contributed by atoms with Crippen LogP contribution in [-0.4, -0.2) is 25.7 Å². The molecule has 1 N–H and O–H groups in total. The van der Waals surface area contributed by atoms with E-state index < -0.39 is 0 Å². The van der Waals surface area contributed by atoms with Gasteiger partial charge in [0.15, 0.2) is 5.82 Å². The molecule has 3 aromatic rings. The zero-order valence-electron chi connectivity index (χ0n) is 11.3. The molecule has 0 aliphatic carbocycles. The minimum atomic E-state index is -0.186. The van der Waals surface area contributed by atoms with Crippen molar-refractivity contribution in [3.8, 4) is 5.82 Å². The lowest BCUT2D eigenvalue weighted by Gasteiger charge is -2.13. The molecule has 1 amide bonds. The Bertz CT molecular complexity index is 724. The molecule has 7 heteroatoms. The molecule has 0 radical (unpaired) electrons. The van der Waals surface area contributed by atoms with Gasteiger partial charge in [0.25, 0.3) is 5.91 Å². The van der Waals surface area contributed by atoms with Crippen molar-refractivity contribution < 1.29 is 4.79 Å². The van der Waals surface area contributed by atoms with Crippen LogP contribution in [0.15, 0.2) is 48.5 Å². The Labute approximate surface area is 125 Å². The van der Waals surface area contributed by atoms with E-state index in [0.29, 0.717) is 11.4 Å². The summed E-state index contributed by atoms with van der Waals surface area (Å²) in [5, 5.41) is 8.98. The fourth-order valence-corrected chi connectivity index (χ4v) is 2.69. The van der Waals surface area contributed by atoms with Gasteiger partial charge in [-0.25, -0.2) is 14.6 Å². The molecule has 0 aliphatic rings. The van der Waals surface area contributed by atoms with E-state index in [2.05, 4.69) is 20.4 Å². The monoisotopic (exact) mass is 299 g/mol. The molecule has 3 aromatic heterocycles. The van der Waals surface area contributed by atoms with Crippen LogP contribution in [0.3, 0.4) is 0 Å². The fraction of sp³-hybridized carbons (Fsp3) is 0.143. The van der Waals surface area contributed by atoms with Crippen LogP contribution in [0.25, 0.3) is 5.82 Å². The number of thiophene rings is 1. The summed E-state index contributed by atoms with van der Waals surface area (Å²) in [4.78, 5) is 21.7. The van der Waals surface area contributed by atoms with Crippen LogP contribution in [0.1, 0.15) is 28.2 Å². The molecule has 106 valence electrons. The van der Waals surface area contributed by atoms with Gasteiger partial charge in [-0.1, -0.05) is 6.07 Å². The summed E-state index contributed by atoms with van der Waals surface area (Å²) in [5.74, 6) is 0.278. The summed E-state index contributed by atoms with van der Waals surface area (Å²) in [6.45, 7) is 1.95. The van der Waals surface area contributed by atoms with E-state index in [-0.39, 0.29) is 11.9 Å². The van der Waals surface area contributed by atoms with Crippen molar-refractivity contribution >= 4 is 17.2 Å². The van der Waals surface area contributed by atoms with Gasteiger partial charge in [0, 0.05) is 11.1 Å². The predicted octanol–water partition coefficient (Wildman–Crippen LogP) is 2.21. The van der Waals surface area contributed by atoms with Crippen molar-refractivity contribution in [3.05, 3.63) is 58.9 Å². The maximum atomic E-state index is 12.5. The smallest absolute Gasteiger partial charge is 0.255 e. The molecule has 0 aromatic carbocycles. The van der Waals surface area contributed by atoms with Crippen LogP contribution < -0.4 is 5.32 Å². The third-order valence-corrected chi connectivity index (χ3v) is 4.04. The first-order chi connectivity index (χ1) is 10.3. The summed E-state index contributed by atoms with van der Waals surface area (Å²) in [6.07, 6.45) is 4.54. The van der Waals surface area contributed by atoms with E-state index >= 15 is 0 Å². The van der Waals surface area contributed by atoms with Gasteiger partial charge in [-0.2, -0.15) is 5.10 Å². The van der Waals surface area contributed by atoms with Gasteiger partial charge in [0.1, 0.15) is 12.7 Å². The predicted molar refractivity (Wildman–Crippen MR) is 79.4 cm³/mol. The molecule has 0 saturated heterocycles. The Morgan fingerprint density at radius 1 is 1.38 bits per heavy atom. The van der Waals surface area contributed by atoms with Crippen LogP contribution in [-0.2, 0) is 0 Å². The molecule has 3 heterocycles. The number of hydrogen-bond acceptors (Lipinski definition) is 5. The number of nitrogens with one attached hydrogen (secondary N) is 1. The molecule has 1 atom stereocenters. The second-order valence-electron chi connectivity index (χ2n) is 4.43.